The number of pyridine rings is 1. The molecule has 0 fully saturated rings. The molecule has 1 rings (SSSR count). The largest absolute Gasteiger partial charge is 0.478 e. The molecule has 0 atom stereocenters. The summed E-state index contributed by atoms with van der Waals surface area (Å²) in [6.07, 6.45) is -3.67. The summed E-state index contributed by atoms with van der Waals surface area (Å²) in [6.45, 7) is -2.20. The van der Waals surface area contributed by atoms with Crippen LogP contribution in [-0.2, 0) is 11.3 Å². The van der Waals surface area contributed by atoms with E-state index in [-0.39, 0.29) is 5.56 Å². The minimum absolute atomic E-state index is 0.247. The molecule has 1 aromatic heterocycles. The van der Waals surface area contributed by atoms with Gasteiger partial charge in [-0.1, -0.05) is 0 Å². The number of hydrogen-bond donors (Lipinski definition) is 2. The van der Waals surface area contributed by atoms with Crippen molar-refractivity contribution in [2.24, 2.45) is 0 Å². The number of rotatable bonds is 4. The molecule has 0 aliphatic heterocycles. The van der Waals surface area contributed by atoms with Gasteiger partial charge < -0.3 is 15.0 Å². The zero-order valence-electron chi connectivity index (χ0n) is 9.40. The average molecular weight is 278 g/mol. The number of amides is 1. The Morgan fingerprint density at radius 1 is 1.32 bits per heavy atom. The van der Waals surface area contributed by atoms with Crippen LogP contribution in [0, 0.1) is 0 Å². The Kier molecular flexibility index (Phi) is 4.30. The van der Waals surface area contributed by atoms with Crippen LogP contribution >= 0.6 is 0 Å². The van der Waals surface area contributed by atoms with E-state index in [1.165, 1.54) is 0 Å². The predicted octanol–water partition coefficient (Wildman–Crippen LogP) is 0.225. The van der Waals surface area contributed by atoms with Gasteiger partial charge in [0.05, 0.1) is 5.56 Å². The highest BCUT2D eigenvalue weighted by molar-refractivity contribution is 5.87. The van der Waals surface area contributed by atoms with Gasteiger partial charge in [0, 0.05) is 12.3 Å². The number of carboxylic acid groups (broad SMARTS) is 1. The van der Waals surface area contributed by atoms with Crippen molar-refractivity contribution in [2.45, 2.75) is 12.7 Å². The molecule has 0 saturated carbocycles. The van der Waals surface area contributed by atoms with Crippen LogP contribution in [0.2, 0.25) is 0 Å². The lowest BCUT2D eigenvalue weighted by Crippen LogP contribution is -2.37. The fraction of sp³-hybridized carbons (Fsp3) is 0.300. The number of carbonyl (C=O) groups excluding carboxylic acids is 1. The van der Waals surface area contributed by atoms with E-state index < -0.39 is 36.7 Å². The van der Waals surface area contributed by atoms with Crippen LogP contribution < -0.4 is 10.9 Å². The van der Waals surface area contributed by atoms with Crippen LogP contribution in [0.5, 0.6) is 0 Å². The van der Waals surface area contributed by atoms with Crippen molar-refractivity contribution in [3.8, 4) is 0 Å². The van der Waals surface area contributed by atoms with Crippen LogP contribution in [0.3, 0.4) is 0 Å². The Hall–Kier alpha value is -2.32. The molecule has 9 heteroatoms. The van der Waals surface area contributed by atoms with Crippen LogP contribution in [0.1, 0.15) is 10.4 Å². The number of alkyl halides is 3. The van der Waals surface area contributed by atoms with Crippen molar-refractivity contribution < 1.29 is 27.9 Å². The lowest BCUT2D eigenvalue weighted by atomic mass is 10.3. The summed E-state index contributed by atoms with van der Waals surface area (Å²) < 4.78 is 36.2. The van der Waals surface area contributed by atoms with Gasteiger partial charge in [-0.2, -0.15) is 13.2 Å². The fourth-order valence-corrected chi connectivity index (χ4v) is 1.19. The SMILES string of the molecule is O=C(Cn1cc(C(=O)O)ccc1=O)NCC(F)(F)F. The average Bonchev–Trinajstić information content (AvgIpc) is 2.28. The number of aromatic nitrogens is 1. The summed E-state index contributed by atoms with van der Waals surface area (Å²) in [5.74, 6) is -2.36. The molecule has 6 nitrogen and oxygen atoms in total. The Morgan fingerprint density at radius 2 is 1.95 bits per heavy atom. The first-order valence-electron chi connectivity index (χ1n) is 4.96. The monoisotopic (exact) mass is 278 g/mol. The van der Waals surface area contributed by atoms with Crippen molar-refractivity contribution in [3.05, 3.63) is 34.2 Å². The second-order valence-electron chi connectivity index (χ2n) is 3.58. The molecule has 19 heavy (non-hydrogen) atoms. The zero-order chi connectivity index (χ0) is 14.6. The first kappa shape index (κ1) is 14.7. The number of nitrogens with one attached hydrogen (secondary N) is 1. The van der Waals surface area contributed by atoms with E-state index in [9.17, 15) is 27.6 Å². The summed E-state index contributed by atoms with van der Waals surface area (Å²) in [4.78, 5) is 33.1. The molecule has 0 spiro atoms. The van der Waals surface area contributed by atoms with Crippen LogP contribution in [0.4, 0.5) is 13.2 Å². The highest BCUT2D eigenvalue weighted by Crippen LogP contribution is 2.11. The van der Waals surface area contributed by atoms with E-state index >= 15 is 0 Å². The lowest BCUT2D eigenvalue weighted by molar-refractivity contribution is -0.138. The second kappa shape index (κ2) is 5.55. The van der Waals surface area contributed by atoms with Crippen molar-refractivity contribution >= 4 is 11.9 Å². The Morgan fingerprint density at radius 3 is 2.47 bits per heavy atom. The maximum atomic E-state index is 11.8. The van der Waals surface area contributed by atoms with Gasteiger partial charge in [-0.25, -0.2) is 4.79 Å². The number of nitrogens with zero attached hydrogens (tertiary/aromatic N) is 1. The topological polar surface area (TPSA) is 88.4 Å². The third-order valence-electron chi connectivity index (χ3n) is 2.03. The van der Waals surface area contributed by atoms with Crippen molar-refractivity contribution in [1.82, 2.24) is 9.88 Å². The smallest absolute Gasteiger partial charge is 0.405 e. The van der Waals surface area contributed by atoms with E-state index in [4.69, 9.17) is 5.11 Å². The van der Waals surface area contributed by atoms with E-state index in [1.54, 1.807) is 5.32 Å². The molecular formula is C10H9F3N2O4. The molecule has 0 aromatic carbocycles. The quantitative estimate of drug-likeness (QED) is 0.825. The van der Waals surface area contributed by atoms with Gasteiger partial charge in [0.2, 0.25) is 5.91 Å². The van der Waals surface area contributed by atoms with E-state index in [1.807, 2.05) is 0 Å². The first-order chi connectivity index (χ1) is 8.69. The molecule has 104 valence electrons. The van der Waals surface area contributed by atoms with Crippen molar-refractivity contribution in [2.75, 3.05) is 6.54 Å². The van der Waals surface area contributed by atoms with Gasteiger partial charge in [0.15, 0.2) is 0 Å². The number of carbonyl (C=O) groups is 2. The van der Waals surface area contributed by atoms with Gasteiger partial charge in [-0.15, -0.1) is 0 Å². The third kappa shape index (κ3) is 4.82. The lowest BCUT2D eigenvalue weighted by Gasteiger charge is -2.09. The molecule has 1 heterocycles. The maximum Gasteiger partial charge on any atom is 0.405 e. The Balaban J connectivity index is 2.76. The number of halogens is 3. The summed E-state index contributed by atoms with van der Waals surface area (Å²) >= 11 is 0. The minimum Gasteiger partial charge on any atom is -0.478 e. The van der Waals surface area contributed by atoms with Gasteiger partial charge in [-0.3, -0.25) is 9.59 Å². The highest BCUT2D eigenvalue weighted by atomic mass is 19.4. The zero-order valence-corrected chi connectivity index (χ0v) is 9.40. The molecule has 0 aliphatic rings. The molecule has 1 amide bonds. The number of aromatic carboxylic acids is 1. The van der Waals surface area contributed by atoms with Gasteiger partial charge in [0.25, 0.3) is 5.56 Å². The summed E-state index contributed by atoms with van der Waals surface area (Å²) in [5, 5.41) is 10.3. The standard InChI is InChI=1S/C10H9F3N2O4/c11-10(12,13)5-14-7(16)4-15-3-6(9(18)19)1-2-8(15)17/h1-3H,4-5H2,(H,14,16)(H,18,19). The molecule has 0 saturated heterocycles. The van der Waals surface area contributed by atoms with Gasteiger partial charge in [0.1, 0.15) is 13.1 Å². The molecule has 1 aromatic rings. The van der Waals surface area contributed by atoms with Crippen molar-refractivity contribution in [3.63, 3.8) is 0 Å². The maximum absolute atomic E-state index is 11.8. The first-order valence-corrected chi connectivity index (χ1v) is 4.96. The normalized spacial score (nSPS) is 11.1. The summed E-state index contributed by atoms with van der Waals surface area (Å²) in [6, 6.07) is 1.95. The summed E-state index contributed by atoms with van der Waals surface area (Å²) in [7, 11) is 0. The molecule has 0 radical (unpaired) electrons. The van der Waals surface area contributed by atoms with E-state index in [0.717, 1.165) is 22.9 Å². The molecular weight excluding hydrogens is 269 g/mol. The van der Waals surface area contributed by atoms with Gasteiger partial charge >= 0.3 is 12.1 Å². The van der Waals surface area contributed by atoms with Crippen LogP contribution in [0.25, 0.3) is 0 Å². The minimum atomic E-state index is -4.55. The third-order valence-corrected chi connectivity index (χ3v) is 2.03. The Labute approximate surface area is 104 Å². The number of hydrogen-bond acceptors (Lipinski definition) is 3. The van der Waals surface area contributed by atoms with Crippen LogP contribution in [-0.4, -0.2) is 34.3 Å². The van der Waals surface area contributed by atoms with Crippen LogP contribution in [0.15, 0.2) is 23.1 Å². The molecule has 0 aliphatic carbocycles. The number of carboxylic acids is 1. The molecule has 0 bridgehead atoms. The molecule has 2 N–H and O–H groups in total. The van der Waals surface area contributed by atoms with Crippen molar-refractivity contribution in [1.29, 1.82) is 0 Å². The molecule has 0 unspecified atom stereocenters. The van der Waals surface area contributed by atoms with E-state index in [2.05, 4.69) is 0 Å². The van der Waals surface area contributed by atoms with E-state index in [0.29, 0.717) is 0 Å². The predicted molar refractivity (Wildman–Crippen MR) is 56.7 cm³/mol. The fourth-order valence-electron chi connectivity index (χ4n) is 1.19. The highest BCUT2D eigenvalue weighted by Gasteiger charge is 2.27. The van der Waals surface area contributed by atoms with Gasteiger partial charge in [-0.05, 0) is 6.07 Å². The Bertz CT molecular complexity index is 550. The summed E-state index contributed by atoms with van der Waals surface area (Å²) in [5.41, 5.74) is -0.935. The second-order valence-corrected chi connectivity index (χ2v) is 3.58.